The van der Waals surface area contributed by atoms with Crippen LogP contribution in [-0.2, 0) is 14.3 Å². The van der Waals surface area contributed by atoms with Crippen LogP contribution in [0, 0.1) is 27.9 Å². The first-order chi connectivity index (χ1) is 12.0. The summed E-state index contributed by atoms with van der Waals surface area (Å²) >= 11 is 0. The number of nitrogens with one attached hydrogen (secondary N) is 1. The summed E-state index contributed by atoms with van der Waals surface area (Å²) < 4.78 is 10.2. The molecule has 3 unspecified atom stereocenters. The molecule has 0 saturated heterocycles. The third-order valence-electron chi connectivity index (χ3n) is 4.60. The molecule has 1 aromatic carbocycles. The van der Waals surface area contributed by atoms with E-state index in [1.807, 2.05) is 6.08 Å². The van der Waals surface area contributed by atoms with E-state index >= 15 is 0 Å². The summed E-state index contributed by atoms with van der Waals surface area (Å²) in [5, 5.41) is 13.3. The smallest absolute Gasteiger partial charge is 0.310 e. The predicted molar refractivity (Wildman–Crippen MR) is 88.1 cm³/mol. The van der Waals surface area contributed by atoms with Crippen molar-refractivity contribution in [3.63, 3.8) is 0 Å². The number of carbonyl (C=O) groups excluding carboxylic acids is 2. The molecule has 0 spiro atoms. The van der Waals surface area contributed by atoms with Crippen LogP contribution >= 0.6 is 0 Å². The largest absolute Gasteiger partial charge is 0.494 e. The fraction of sp³-hybridized carbons (Fsp3) is 0.412. The van der Waals surface area contributed by atoms with Gasteiger partial charge in [-0.3, -0.25) is 19.7 Å². The zero-order valence-corrected chi connectivity index (χ0v) is 13.6. The summed E-state index contributed by atoms with van der Waals surface area (Å²) in [6.07, 6.45) is 5.92. The summed E-state index contributed by atoms with van der Waals surface area (Å²) in [7, 11) is 1.34. The third kappa shape index (κ3) is 3.62. The van der Waals surface area contributed by atoms with E-state index in [9.17, 15) is 19.7 Å². The van der Waals surface area contributed by atoms with Crippen molar-refractivity contribution in [2.24, 2.45) is 17.8 Å². The number of methoxy groups -OCH3 is 1. The van der Waals surface area contributed by atoms with Crippen LogP contribution in [0.25, 0.3) is 0 Å². The van der Waals surface area contributed by atoms with Crippen LogP contribution in [-0.4, -0.2) is 30.5 Å². The molecule has 2 aliphatic carbocycles. The van der Waals surface area contributed by atoms with E-state index in [1.54, 1.807) is 0 Å². The van der Waals surface area contributed by atoms with Gasteiger partial charge in [-0.05, 0) is 30.7 Å². The van der Waals surface area contributed by atoms with Gasteiger partial charge in [-0.15, -0.1) is 0 Å². The Morgan fingerprint density at radius 2 is 2.12 bits per heavy atom. The molecule has 0 heterocycles. The minimum atomic E-state index is -0.556. The van der Waals surface area contributed by atoms with E-state index in [4.69, 9.17) is 9.47 Å². The first-order valence-electron chi connectivity index (χ1n) is 7.95. The zero-order chi connectivity index (χ0) is 18.0. The fourth-order valence-electron chi connectivity index (χ4n) is 3.38. The van der Waals surface area contributed by atoms with Crippen molar-refractivity contribution >= 4 is 23.3 Å². The predicted octanol–water partition coefficient (Wildman–Crippen LogP) is 2.30. The molecular weight excluding hydrogens is 328 g/mol. The van der Waals surface area contributed by atoms with Gasteiger partial charge in [-0.25, -0.2) is 0 Å². The van der Waals surface area contributed by atoms with Crippen LogP contribution in [0.2, 0.25) is 0 Å². The monoisotopic (exact) mass is 346 g/mol. The normalized spacial score (nSPS) is 23.3. The zero-order valence-electron chi connectivity index (χ0n) is 13.6. The number of carbonyl (C=O) groups is 2. The molecule has 3 rings (SSSR count). The van der Waals surface area contributed by atoms with Gasteiger partial charge in [-0.2, -0.15) is 0 Å². The average Bonchev–Trinajstić information content (AvgIpc) is 3.23. The molecule has 0 aliphatic heterocycles. The number of hydrogen-bond donors (Lipinski definition) is 1. The van der Waals surface area contributed by atoms with Crippen LogP contribution in [0.4, 0.5) is 11.4 Å². The second-order valence-electron chi connectivity index (χ2n) is 6.18. The van der Waals surface area contributed by atoms with Crippen molar-refractivity contribution < 1.29 is 24.0 Å². The lowest BCUT2D eigenvalue weighted by molar-refractivity contribution is -0.384. The average molecular weight is 346 g/mol. The first-order valence-corrected chi connectivity index (χ1v) is 7.95. The Kier molecular flexibility index (Phi) is 4.69. The van der Waals surface area contributed by atoms with E-state index in [-0.39, 0.29) is 34.9 Å². The quantitative estimate of drug-likeness (QED) is 0.366. The Bertz CT molecular complexity index is 745. The van der Waals surface area contributed by atoms with E-state index in [0.29, 0.717) is 5.92 Å². The number of anilines is 1. The molecule has 25 heavy (non-hydrogen) atoms. The number of amides is 1. The number of nitro benzene ring substituents is 1. The minimum absolute atomic E-state index is 0.148. The Morgan fingerprint density at radius 1 is 1.32 bits per heavy atom. The lowest BCUT2D eigenvalue weighted by atomic mass is 9.94. The molecule has 132 valence electrons. The molecule has 2 bridgehead atoms. The van der Waals surface area contributed by atoms with E-state index in [2.05, 4.69) is 11.4 Å². The molecule has 0 radical (unpaired) electrons. The minimum Gasteiger partial charge on any atom is -0.494 e. The Morgan fingerprint density at radius 3 is 2.72 bits per heavy atom. The lowest BCUT2D eigenvalue weighted by Crippen LogP contribution is -2.26. The maximum atomic E-state index is 12.1. The molecule has 0 aromatic heterocycles. The van der Waals surface area contributed by atoms with Crippen molar-refractivity contribution in [1.82, 2.24) is 0 Å². The van der Waals surface area contributed by atoms with Gasteiger partial charge in [0, 0.05) is 6.07 Å². The van der Waals surface area contributed by atoms with Gasteiger partial charge in [0.05, 0.1) is 29.7 Å². The van der Waals surface area contributed by atoms with Crippen molar-refractivity contribution in [2.45, 2.75) is 12.8 Å². The number of allylic oxidation sites excluding steroid dienone is 2. The van der Waals surface area contributed by atoms with Crippen LogP contribution in [0.15, 0.2) is 30.4 Å². The lowest BCUT2D eigenvalue weighted by Gasteiger charge is -2.16. The van der Waals surface area contributed by atoms with Gasteiger partial charge < -0.3 is 14.8 Å². The molecule has 1 N–H and O–H groups in total. The SMILES string of the molecule is COc1cc([N+](=O)[O-])ccc1NC(=O)COC(=O)C1CC2C=CC1C2. The molecule has 3 atom stereocenters. The number of nitro groups is 1. The maximum Gasteiger partial charge on any atom is 0.310 e. The molecule has 8 nitrogen and oxygen atoms in total. The van der Waals surface area contributed by atoms with Gasteiger partial charge >= 0.3 is 5.97 Å². The molecule has 8 heteroatoms. The number of nitrogens with zero attached hydrogens (tertiary/aromatic N) is 1. The van der Waals surface area contributed by atoms with Crippen LogP contribution in [0.3, 0.4) is 0 Å². The second kappa shape index (κ2) is 6.92. The third-order valence-corrected chi connectivity index (χ3v) is 4.60. The van der Waals surface area contributed by atoms with Gasteiger partial charge in [-0.1, -0.05) is 12.2 Å². The van der Waals surface area contributed by atoms with E-state index in [1.165, 1.54) is 25.3 Å². The van der Waals surface area contributed by atoms with Crippen molar-refractivity contribution in [3.8, 4) is 5.75 Å². The highest BCUT2D eigenvalue weighted by Gasteiger charge is 2.40. The number of benzene rings is 1. The van der Waals surface area contributed by atoms with Crippen LogP contribution in [0.1, 0.15) is 12.8 Å². The highest BCUT2D eigenvalue weighted by atomic mass is 16.6. The van der Waals surface area contributed by atoms with E-state index in [0.717, 1.165) is 12.8 Å². The van der Waals surface area contributed by atoms with E-state index < -0.39 is 17.4 Å². The molecular formula is C17H18N2O6. The van der Waals surface area contributed by atoms with Gasteiger partial charge in [0.15, 0.2) is 6.61 Å². The summed E-state index contributed by atoms with van der Waals surface area (Å²) in [5.74, 6) is -0.234. The summed E-state index contributed by atoms with van der Waals surface area (Å²) in [4.78, 5) is 34.3. The van der Waals surface area contributed by atoms with Crippen LogP contribution in [0.5, 0.6) is 5.75 Å². The number of fused-ring (bicyclic) bond motifs is 2. The highest BCUT2D eigenvalue weighted by Crippen LogP contribution is 2.43. The molecule has 1 aromatic rings. The molecule has 1 saturated carbocycles. The topological polar surface area (TPSA) is 108 Å². The molecule has 1 fully saturated rings. The number of hydrogen-bond acceptors (Lipinski definition) is 6. The number of non-ortho nitro benzene ring substituents is 1. The fourth-order valence-corrected chi connectivity index (χ4v) is 3.38. The van der Waals surface area contributed by atoms with Gasteiger partial charge in [0.25, 0.3) is 11.6 Å². The number of esters is 1. The standard InChI is InChI=1S/C17H18N2O6/c1-24-15-8-12(19(22)23)4-5-14(15)18-16(20)9-25-17(21)13-7-10-2-3-11(13)6-10/h2-5,8,10-11,13H,6-7,9H2,1H3,(H,18,20). The summed E-state index contributed by atoms with van der Waals surface area (Å²) in [6, 6.07) is 3.84. The highest BCUT2D eigenvalue weighted by molar-refractivity contribution is 5.94. The summed E-state index contributed by atoms with van der Waals surface area (Å²) in [5.41, 5.74) is 0.127. The summed E-state index contributed by atoms with van der Waals surface area (Å²) in [6.45, 7) is -0.406. The number of rotatable bonds is 6. The first kappa shape index (κ1) is 16.9. The molecule has 1 amide bonds. The van der Waals surface area contributed by atoms with Crippen LogP contribution < -0.4 is 10.1 Å². The molecule has 2 aliphatic rings. The second-order valence-corrected chi connectivity index (χ2v) is 6.18. The van der Waals surface area contributed by atoms with Crippen molar-refractivity contribution in [1.29, 1.82) is 0 Å². The Labute approximate surface area is 143 Å². The number of ether oxygens (including phenoxy) is 2. The Balaban J connectivity index is 1.55. The van der Waals surface area contributed by atoms with Crippen molar-refractivity contribution in [3.05, 3.63) is 40.5 Å². The van der Waals surface area contributed by atoms with Gasteiger partial charge in [0.1, 0.15) is 5.75 Å². The maximum absolute atomic E-state index is 12.1. The van der Waals surface area contributed by atoms with Gasteiger partial charge in [0.2, 0.25) is 0 Å². The van der Waals surface area contributed by atoms with Crippen molar-refractivity contribution in [2.75, 3.05) is 19.0 Å². The Hall–Kier alpha value is -2.90.